The molecule has 3 rings (SSSR count). The minimum absolute atomic E-state index is 0.00393. The molecule has 0 spiro atoms. The van der Waals surface area contributed by atoms with Gasteiger partial charge in [0.15, 0.2) is 6.61 Å². The molecule has 0 saturated heterocycles. The summed E-state index contributed by atoms with van der Waals surface area (Å²) in [5.41, 5.74) is 0.839. The fourth-order valence-corrected chi connectivity index (χ4v) is 2.66. The largest absolute Gasteiger partial charge is 0.483 e. The lowest BCUT2D eigenvalue weighted by Crippen LogP contribution is -2.19. The van der Waals surface area contributed by atoms with Gasteiger partial charge in [-0.25, -0.2) is 9.18 Å². The van der Waals surface area contributed by atoms with E-state index in [0.29, 0.717) is 11.1 Å². The number of halogens is 5. The molecular formula is C18H12ClF4NO4. The molecule has 0 fully saturated rings. The third kappa shape index (κ3) is 4.66. The van der Waals surface area contributed by atoms with E-state index in [0.717, 1.165) is 6.07 Å². The van der Waals surface area contributed by atoms with E-state index in [1.807, 2.05) is 0 Å². The Labute approximate surface area is 160 Å². The lowest BCUT2D eigenvalue weighted by atomic mass is 10.1. The van der Waals surface area contributed by atoms with Crippen LogP contribution in [0.1, 0.15) is 16.1 Å². The van der Waals surface area contributed by atoms with Gasteiger partial charge in [0, 0.05) is 23.2 Å². The smallest absolute Gasteiger partial charge is 0.422 e. The van der Waals surface area contributed by atoms with Gasteiger partial charge in [0.05, 0.1) is 5.02 Å². The lowest BCUT2D eigenvalue weighted by molar-refractivity contribution is -0.153. The summed E-state index contributed by atoms with van der Waals surface area (Å²) in [7, 11) is 0. The maximum Gasteiger partial charge on any atom is 0.422 e. The highest BCUT2D eigenvalue weighted by Gasteiger charge is 2.28. The van der Waals surface area contributed by atoms with Crippen LogP contribution in [0, 0.1) is 5.82 Å². The number of carboxylic acids is 1. The van der Waals surface area contributed by atoms with Gasteiger partial charge in [-0.15, -0.1) is 0 Å². The second-order valence-electron chi connectivity index (χ2n) is 5.80. The van der Waals surface area contributed by atoms with Gasteiger partial charge in [-0.1, -0.05) is 11.6 Å². The van der Waals surface area contributed by atoms with Crippen molar-refractivity contribution in [2.75, 3.05) is 11.9 Å². The number of nitrogens with one attached hydrogen (secondary N) is 1. The molecule has 0 atom stereocenters. The topological polar surface area (TPSA) is 71.7 Å². The number of carboxylic acid groups (broad SMARTS) is 1. The normalized spacial score (nSPS) is 11.6. The molecule has 1 aromatic heterocycles. The van der Waals surface area contributed by atoms with Crippen LogP contribution in [-0.4, -0.2) is 23.9 Å². The fourth-order valence-electron chi connectivity index (χ4n) is 2.43. The molecule has 1 heterocycles. The highest BCUT2D eigenvalue weighted by molar-refractivity contribution is 6.32. The van der Waals surface area contributed by atoms with E-state index in [9.17, 15) is 22.4 Å². The van der Waals surface area contributed by atoms with E-state index in [4.69, 9.17) is 21.1 Å². The van der Waals surface area contributed by atoms with Gasteiger partial charge in [-0.2, -0.15) is 13.2 Å². The number of aromatic carboxylic acids is 1. The zero-order valence-electron chi connectivity index (χ0n) is 13.9. The Morgan fingerprint density at radius 3 is 2.61 bits per heavy atom. The number of rotatable bonds is 6. The molecule has 2 N–H and O–H groups in total. The molecular weight excluding hydrogens is 406 g/mol. The molecule has 0 radical (unpaired) electrons. The second kappa shape index (κ2) is 7.59. The summed E-state index contributed by atoms with van der Waals surface area (Å²) in [5.74, 6) is -2.28. The molecule has 0 unspecified atom stereocenters. The van der Waals surface area contributed by atoms with Gasteiger partial charge in [0.2, 0.25) is 5.76 Å². The van der Waals surface area contributed by atoms with Crippen LogP contribution >= 0.6 is 11.6 Å². The summed E-state index contributed by atoms with van der Waals surface area (Å²) < 4.78 is 60.5. The first-order valence-corrected chi connectivity index (χ1v) is 8.18. The summed E-state index contributed by atoms with van der Waals surface area (Å²) in [6, 6.07) is 7.79. The van der Waals surface area contributed by atoms with Crippen LogP contribution in [0.25, 0.3) is 11.0 Å². The average molecular weight is 418 g/mol. The van der Waals surface area contributed by atoms with Crippen LogP contribution in [0.3, 0.4) is 0 Å². The van der Waals surface area contributed by atoms with Gasteiger partial charge < -0.3 is 19.6 Å². The Morgan fingerprint density at radius 2 is 1.96 bits per heavy atom. The van der Waals surface area contributed by atoms with Crippen molar-refractivity contribution >= 4 is 34.2 Å². The standard InChI is InChI=1S/C18H12ClF4NO4/c19-12-6-11(1-2-14(12)27-8-18(21,22)23)24-7-10-5-15-9(3-13(10)20)4-16(28-15)17(25)26/h1-6,24H,7-8H2,(H,25,26). The molecule has 0 aliphatic carbocycles. The van der Waals surface area contributed by atoms with Crippen molar-refractivity contribution in [3.63, 3.8) is 0 Å². The first-order chi connectivity index (χ1) is 13.1. The maximum absolute atomic E-state index is 14.2. The van der Waals surface area contributed by atoms with Crippen LogP contribution in [0.15, 0.2) is 40.8 Å². The SMILES string of the molecule is O=C(O)c1cc2cc(F)c(CNc3ccc(OCC(F)(F)F)c(Cl)c3)cc2o1. The van der Waals surface area contributed by atoms with Crippen molar-refractivity contribution in [3.8, 4) is 5.75 Å². The van der Waals surface area contributed by atoms with Crippen LogP contribution in [0.2, 0.25) is 5.02 Å². The second-order valence-corrected chi connectivity index (χ2v) is 6.21. The van der Waals surface area contributed by atoms with Crippen molar-refractivity contribution in [2.24, 2.45) is 0 Å². The van der Waals surface area contributed by atoms with Crippen LogP contribution < -0.4 is 10.1 Å². The van der Waals surface area contributed by atoms with Gasteiger partial charge >= 0.3 is 12.1 Å². The molecule has 0 aliphatic heterocycles. The number of furan rings is 1. The van der Waals surface area contributed by atoms with Gasteiger partial charge in [0.1, 0.15) is 17.1 Å². The third-order valence-corrected chi connectivity index (χ3v) is 4.00. The van der Waals surface area contributed by atoms with Gasteiger partial charge in [0.25, 0.3) is 0 Å². The molecule has 0 amide bonds. The monoisotopic (exact) mass is 417 g/mol. The Bertz CT molecular complexity index is 1030. The third-order valence-electron chi connectivity index (χ3n) is 3.70. The first-order valence-electron chi connectivity index (χ1n) is 7.80. The van der Waals surface area contributed by atoms with E-state index in [2.05, 4.69) is 10.1 Å². The molecule has 0 aliphatic rings. The number of anilines is 1. The summed E-state index contributed by atoms with van der Waals surface area (Å²) in [6.45, 7) is -1.46. The molecule has 148 valence electrons. The number of hydrogen-bond acceptors (Lipinski definition) is 4. The maximum atomic E-state index is 14.2. The Balaban J connectivity index is 1.72. The van der Waals surface area contributed by atoms with Crippen molar-refractivity contribution in [2.45, 2.75) is 12.7 Å². The van der Waals surface area contributed by atoms with Crippen molar-refractivity contribution in [3.05, 3.63) is 58.6 Å². The number of carbonyl (C=O) groups is 1. The fraction of sp³-hybridized carbons (Fsp3) is 0.167. The number of hydrogen-bond donors (Lipinski definition) is 2. The number of alkyl halides is 3. The summed E-state index contributed by atoms with van der Waals surface area (Å²) in [5, 5.41) is 12.1. The van der Waals surface area contributed by atoms with E-state index in [-0.39, 0.29) is 34.2 Å². The first kappa shape index (κ1) is 19.8. The predicted octanol–water partition coefficient (Wildman–Crippen LogP) is 5.48. The summed E-state index contributed by atoms with van der Waals surface area (Å²) in [4.78, 5) is 10.9. The molecule has 3 aromatic rings. The van der Waals surface area contributed by atoms with Crippen LogP contribution in [0.5, 0.6) is 5.75 Å². The molecule has 0 bridgehead atoms. The summed E-state index contributed by atoms with van der Waals surface area (Å²) >= 11 is 5.90. The quantitative estimate of drug-likeness (QED) is 0.520. The van der Waals surface area contributed by atoms with Crippen molar-refractivity contribution in [1.82, 2.24) is 0 Å². The Morgan fingerprint density at radius 1 is 1.21 bits per heavy atom. The van der Waals surface area contributed by atoms with E-state index < -0.39 is 24.6 Å². The summed E-state index contributed by atoms with van der Waals surface area (Å²) in [6.07, 6.45) is -4.48. The number of fused-ring (bicyclic) bond motifs is 1. The van der Waals surface area contributed by atoms with Crippen molar-refractivity contribution < 1.29 is 36.6 Å². The number of benzene rings is 2. The zero-order valence-corrected chi connectivity index (χ0v) is 14.7. The van der Waals surface area contributed by atoms with Gasteiger partial charge in [-0.05, 0) is 36.4 Å². The minimum atomic E-state index is -4.48. The number of ether oxygens (including phenoxy) is 1. The minimum Gasteiger partial charge on any atom is -0.483 e. The van der Waals surface area contributed by atoms with E-state index in [1.54, 1.807) is 0 Å². The molecule has 10 heteroatoms. The Hall–Kier alpha value is -2.94. The van der Waals surface area contributed by atoms with Gasteiger partial charge in [-0.3, -0.25) is 0 Å². The average Bonchev–Trinajstić information content (AvgIpc) is 3.01. The molecule has 0 saturated carbocycles. The predicted molar refractivity (Wildman–Crippen MR) is 93.5 cm³/mol. The van der Waals surface area contributed by atoms with E-state index >= 15 is 0 Å². The lowest BCUT2D eigenvalue weighted by Gasteiger charge is -2.12. The molecule has 28 heavy (non-hydrogen) atoms. The Kier molecular flexibility index (Phi) is 5.37. The van der Waals surface area contributed by atoms with Crippen LogP contribution in [-0.2, 0) is 6.54 Å². The highest BCUT2D eigenvalue weighted by Crippen LogP contribution is 2.30. The zero-order chi connectivity index (χ0) is 20.5. The molecule has 2 aromatic carbocycles. The van der Waals surface area contributed by atoms with Crippen LogP contribution in [0.4, 0.5) is 23.2 Å². The van der Waals surface area contributed by atoms with Crippen molar-refractivity contribution in [1.29, 1.82) is 0 Å². The highest BCUT2D eigenvalue weighted by atomic mass is 35.5. The molecule has 5 nitrogen and oxygen atoms in total. The van der Waals surface area contributed by atoms with E-state index in [1.165, 1.54) is 30.3 Å².